The Morgan fingerprint density at radius 3 is 2.87 bits per heavy atom. The van der Waals surface area contributed by atoms with E-state index in [-0.39, 0.29) is 5.13 Å². The Morgan fingerprint density at radius 2 is 1.93 bits per heavy atom. The number of hydrogen-bond donors (Lipinski definition) is 0. The van der Waals surface area contributed by atoms with Crippen LogP contribution in [0.15, 0.2) is 6.07 Å². The van der Waals surface area contributed by atoms with Crippen LogP contribution in [0.4, 0.5) is 4.39 Å². The number of thiophene rings is 1. The Labute approximate surface area is 94.3 Å². The highest BCUT2D eigenvalue weighted by atomic mass is 32.1. The molecule has 1 aromatic heterocycles. The number of fused-ring (bicyclic) bond motifs is 1. The van der Waals surface area contributed by atoms with Crippen molar-refractivity contribution in [1.82, 2.24) is 0 Å². The van der Waals surface area contributed by atoms with Gasteiger partial charge in [-0.25, -0.2) is 0 Å². The summed E-state index contributed by atoms with van der Waals surface area (Å²) >= 11 is 1.29. The molecule has 1 nitrogen and oxygen atoms in total. The largest absolute Gasteiger partial charge is 0.381 e. The van der Waals surface area contributed by atoms with Gasteiger partial charge in [0, 0.05) is 17.9 Å². The summed E-state index contributed by atoms with van der Waals surface area (Å²) in [6.07, 6.45) is 6.74. The molecule has 15 heavy (non-hydrogen) atoms. The molecule has 0 fully saturated rings. The first-order valence-corrected chi connectivity index (χ1v) is 6.53. The van der Waals surface area contributed by atoms with E-state index >= 15 is 0 Å². The molecule has 0 atom stereocenters. The molecule has 0 N–H and O–H groups in total. The zero-order chi connectivity index (χ0) is 10.5. The SMILES string of the molecule is Fc1cc2c(s1)CCOCCCCCC2. The summed E-state index contributed by atoms with van der Waals surface area (Å²) in [5, 5.41) is -0.0444. The monoisotopic (exact) mass is 228 g/mol. The molecule has 3 heteroatoms. The third-order valence-corrected chi connectivity index (χ3v) is 3.85. The van der Waals surface area contributed by atoms with Crippen molar-refractivity contribution in [3.05, 3.63) is 21.6 Å². The second-order valence-corrected chi connectivity index (χ2v) is 5.11. The van der Waals surface area contributed by atoms with Crippen LogP contribution in [0.5, 0.6) is 0 Å². The normalized spacial score (nSPS) is 19.3. The van der Waals surface area contributed by atoms with Crippen LogP contribution in [0.25, 0.3) is 0 Å². The minimum Gasteiger partial charge on any atom is -0.381 e. The quantitative estimate of drug-likeness (QED) is 0.659. The van der Waals surface area contributed by atoms with Crippen molar-refractivity contribution >= 4 is 11.3 Å². The summed E-state index contributed by atoms with van der Waals surface area (Å²) in [6, 6.07) is 1.71. The van der Waals surface area contributed by atoms with Crippen molar-refractivity contribution in [2.24, 2.45) is 0 Å². The predicted molar refractivity (Wildman–Crippen MR) is 61.0 cm³/mol. The van der Waals surface area contributed by atoms with E-state index in [1.54, 1.807) is 6.07 Å². The molecule has 0 amide bonds. The lowest BCUT2D eigenvalue weighted by atomic mass is 10.1. The van der Waals surface area contributed by atoms with Crippen molar-refractivity contribution in [1.29, 1.82) is 0 Å². The van der Waals surface area contributed by atoms with E-state index in [4.69, 9.17) is 4.74 Å². The number of halogens is 1. The average molecular weight is 228 g/mol. The zero-order valence-corrected chi connectivity index (χ0v) is 9.75. The van der Waals surface area contributed by atoms with Gasteiger partial charge < -0.3 is 4.74 Å². The van der Waals surface area contributed by atoms with E-state index in [9.17, 15) is 4.39 Å². The average Bonchev–Trinajstić information content (AvgIpc) is 2.54. The highest BCUT2D eigenvalue weighted by molar-refractivity contribution is 7.10. The van der Waals surface area contributed by atoms with Gasteiger partial charge in [-0.15, -0.1) is 11.3 Å². The fourth-order valence-corrected chi connectivity index (χ4v) is 2.91. The van der Waals surface area contributed by atoms with Crippen LogP contribution in [-0.2, 0) is 17.6 Å². The molecule has 0 saturated carbocycles. The minimum absolute atomic E-state index is 0.0444. The molecular weight excluding hydrogens is 211 g/mol. The molecule has 2 heterocycles. The molecular formula is C12H17FOS. The second-order valence-electron chi connectivity index (χ2n) is 4.03. The summed E-state index contributed by atoms with van der Waals surface area (Å²) in [5.74, 6) is 0. The topological polar surface area (TPSA) is 9.23 Å². The molecule has 0 bridgehead atoms. The zero-order valence-electron chi connectivity index (χ0n) is 8.93. The van der Waals surface area contributed by atoms with E-state index in [1.807, 2.05) is 0 Å². The summed E-state index contributed by atoms with van der Waals surface area (Å²) < 4.78 is 18.6. The predicted octanol–water partition coefficient (Wildman–Crippen LogP) is 3.56. The molecule has 2 rings (SSSR count). The lowest BCUT2D eigenvalue weighted by molar-refractivity contribution is 0.133. The van der Waals surface area contributed by atoms with Gasteiger partial charge in [0.1, 0.15) is 0 Å². The van der Waals surface area contributed by atoms with Crippen LogP contribution in [0.3, 0.4) is 0 Å². The van der Waals surface area contributed by atoms with E-state index in [2.05, 4.69) is 0 Å². The maximum atomic E-state index is 13.1. The van der Waals surface area contributed by atoms with Gasteiger partial charge in [-0.1, -0.05) is 12.8 Å². The fraction of sp³-hybridized carbons (Fsp3) is 0.667. The van der Waals surface area contributed by atoms with Gasteiger partial charge in [0.25, 0.3) is 0 Å². The number of ether oxygens (including phenoxy) is 1. The van der Waals surface area contributed by atoms with Crippen LogP contribution in [0.1, 0.15) is 36.1 Å². The van der Waals surface area contributed by atoms with E-state index in [1.165, 1.54) is 47.5 Å². The molecule has 1 aliphatic heterocycles. The van der Waals surface area contributed by atoms with Gasteiger partial charge in [0.05, 0.1) is 6.61 Å². The Balaban J connectivity index is 2.04. The Hall–Kier alpha value is -0.410. The summed E-state index contributed by atoms with van der Waals surface area (Å²) in [4.78, 5) is 1.19. The Morgan fingerprint density at radius 1 is 1.07 bits per heavy atom. The lowest BCUT2D eigenvalue weighted by Gasteiger charge is -2.02. The fourth-order valence-electron chi connectivity index (χ4n) is 1.99. The van der Waals surface area contributed by atoms with Crippen LogP contribution >= 0.6 is 11.3 Å². The number of aryl methyl sites for hydroxylation is 1. The molecule has 1 aliphatic rings. The number of rotatable bonds is 0. The highest BCUT2D eigenvalue weighted by Crippen LogP contribution is 2.24. The summed E-state index contributed by atoms with van der Waals surface area (Å²) in [6.45, 7) is 1.61. The van der Waals surface area contributed by atoms with E-state index < -0.39 is 0 Å². The first-order valence-electron chi connectivity index (χ1n) is 5.71. The molecule has 0 saturated heterocycles. The third kappa shape index (κ3) is 3.28. The molecule has 0 radical (unpaired) electrons. The minimum atomic E-state index is -0.0444. The van der Waals surface area contributed by atoms with Crippen LogP contribution in [-0.4, -0.2) is 13.2 Å². The smallest absolute Gasteiger partial charge is 0.176 e. The molecule has 0 spiro atoms. The van der Waals surface area contributed by atoms with Crippen LogP contribution < -0.4 is 0 Å². The highest BCUT2D eigenvalue weighted by Gasteiger charge is 2.09. The van der Waals surface area contributed by atoms with Crippen molar-refractivity contribution in [2.45, 2.75) is 38.5 Å². The first kappa shape index (κ1) is 11.1. The van der Waals surface area contributed by atoms with Crippen LogP contribution in [0.2, 0.25) is 0 Å². The summed E-state index contributed by atoms with van der Waals surface area (Å²) in [5.41, 5.74) is 1.21. The van der Waals surface area contributed by atoms with Crippen molar-refractivity contribution in [3.63, 3.8) is 0 Å². The maximum Gasteiger partial charge on any atom is 0.176 e. The van der Waals surface area contributed by atoms with Gasteiger partial charge in [-0.3, -0.25) is 0 Å². The first-order chi connectivity index (χ1) is 7.36. The van der Waals surface area contributed by atoms with Gasteiger partial charge >= 0.3 is 0 Å². The molecule has 0 unspecified atom stereocenters. The molecule has 1 aromatic rings. The molecule has 0 aromatic carbocycles. The maximum absolute atomic E-state index is 13.1. The van der Waals surface area contributed by atoms with Gasteiger partial charge in [0.2, 0.25) is 0 Å². The Bertz CT molecular complexity index is 281. The summed E-state index contributed by atoms with van der Waals surface area (Å²) in [7, 11) is 0. The third-order valence-electron chi connectivity index (χ3n) is 2.82. The Kier molecular flexibility index (Phi) is 4.15. The lowest BCUT2D eigenvalue weighted by Crippen LogP contribution is -1.99. The van der Waals surface area contributed by atoms with Gasteiger partial charge in [-0.05, 0) is 30.9 Å². The van der Waals surface area contributed by atoms with Gasteiger partial charge in [0.15, 0.2) is 5.13 Å². The van der Waals surface area contributed by atoms with E-state index in [0.717, 1.165) is 26.1 Å². The van der Waals surface area contributed by atoms with E-state index in [0.29, 0.717) is 0 Å². The van der Waals surface area contributed by atoms with Gasteiger partial charge in [-0.2, -0.15) is 4.39 Å². The molecule has 0 aliphatic carbocycles. The molecule has 84 valence electrons. The van der Waals surface area contributed by atoms with Crippen molar-refractivity contribution in [2.75, 3.05) is 13.2 Å². The van der Waals surface area contributed by atoms with Crippen molar-refractivity contribution < 1.29 is 9.13 Å². The standard InChI is InChI=1S/C12H17FOS/c13-12-9-10-5-3-1-2-4-7-14-8-6-11(10)15-12/h9H,1-8H2. The van der Waals surface area contributed by atoms with Crippen molar-refractivity contribution in [3.8, 4) is 0 Å². The second kappa shape index (κ2) is 5.61. The van der Waals surface area contributed by atoms with Crippen LogP contribution in [0, 0.1) is 5.13 Å². The number of hydrogen-bond acceptors (Lipinski definition) is 2.